The lowest BCUT2D eigenvalue weighted by Gasteiger charge is -2.36. The number of benzene rings is 5. The van der Waals surface area contributed by atoms with Crippen molar-refractivity contribution in [1.82, 2.24) is 25.7 Å². The van der Waals surface area contributed by atoms with E-state index in [1.165, 1.54) is 0 Å². The standard InChI is InChI=1S/C45H41N5O4/c1-5-28(4)41(44(52)49-48-43(51)38-25-30-24-32(21-22-36(30)46-38)54-31-12-10-11-27(3)23-31)50-42(33-13-6-7-14-34(33)45(50)53)39-35-15-8-9-16-37(35)47-40(39)29-19-17-26(2)18-20-29/h6-25,28,41-42,46-47H,5H2,1-4H3,(H,48,51)(H,49,52). The molecule has 270 valence electrons. The highest BCUT2D eigenvalue weighted by molar-refractivity contribution is 6.05. The summed E-state index contributed by atoms with van der Waals surface area (Å²) in [6, 6.07) is 37.5. The first-order valence-corrected chi connectivity index (χ1v) is 18.3. The second-order valence-corrected chi connectivity index (χ2v) is 14.2. The number of rotatable bonds is 9. The Kier molecular flexibility index (Phi) is 8.99. The molecule has 3 atom stereocenters. The van der Waals surface area contributed by atoms with Crippen LogP contribution < -0.4 is 15.6 Å². The van der Waals surface area contributed by atoms with Crippen LogP contribution in [-0.2, 0) is 4.79 Å². The first kappa shape index (κ1) is 34.5. The van der Waals surface area contributed by atoms with E-state index in [0.717, 1.165) is 61.1 Å². The maximum absolute atomic E-state index is 14.5. The zero-order valence-corrected chi connectivity index (χ0v) is 30.6. The van der Waals surface area contributed by atoms with Crippen LogP contribution >= 0.6 is 0 Å². The Morgan fingerprint density at radius 3 is 2.33 bits per heavy atom. The lowest BCUT2D eigenvalue weighted by molar-refractivity contribution is -0.128. The van der Waals surface area contributed by atoms with E-state index in [9.17, 15) is 14.4 Å². The fourth-order valence-electron chi connectivity index (χ4n) is 7.57. The number of nitrogens with zero attached hydrogens (tertiary/aromatic N) is 1. The molecule has 7 aromatic rings. The van der Waals surface area contributed by atoms with Gasteiger partial charge in [0, 0.05) is 32.9 Å². The lowest BCUT2D eigenvalue weighted by Crippen LogP contribution is -2.55. The Labute approximate surface area is 313 Å². The molecule has 5 aromatic carbocycles. The number of nitrogens with one attached hydrogen (secondary N) is 4. The number of hydrazine groups is 1. The number of para-hydroxylation sites is 1. The molecule has 1 aliphatic heterocycles. The van der Waals surface area contributed by atoms with Crippen LogP contribution in [0.5, 0.6) is 11.5 Å². The number of carbonyl (C=O) groups excluding carboxylic acids is 3. The Bertz CT molecular complexity index is 2550. The average Bonchev–Trinajstić information content (AvgIpc) is 3.86. The molecular formula is C45H41N5O4. The van der Waals surface area contributed by atoms with Gasteiger partial charge in [0.1, 0.15) is 23.2 Å². The van der Waals surface area contributed by atoms with Gasteiger partial charge in [-0.25, -0.2) is 0 Å². The maximum Gasteiger partial charge on any atom is 0.286 e. The number of aryl methyl sites for hydroxylation is 2. The third-order valence-corrected chi connectivity index (χ3v) is 10.5. The van der Waals surface area contributed by atoms with Crippen molar-refractivity contribution in [1.29, 1.82) is 0 Å². The highest BCUT2D eigenvalue weighted by Crippen LogP contribution is 2.47. The minimum absolute atomic E-state index is 0.234. The van der Waals surface area contributed by atoms with E-state index in [0.29, 0.717) is 17.7 Å². The summed E-state index contributed by atoms with van der Waals surface area (Å²) in [6.07, 6.45) is 0.618. The maximum atomic E-state index is 14.5. The van der Waals surface area contributed by atoms with Crippen LogP contribution in [0.15, 0.2) is 121 Å². The number of amides is 3. The third-order valence-electron chi connectivity index (χ3n) is 10.5. The Hall–Kier alpha value is -6.61. The van der Waals surface area contributed by atoms with Crippen LogP contribution in [0.4, 0.5) is 0 Å². The van der Waals surface area contributed by atoms with Crippen molar-refractivity contribution < 1.29 is 19.1 Å². The monoisotopic (exact) mass is 715 g/mol. The van der Waals surface area contributed by atoms with Crippen LogP contribution in [-0.4, -0.2) is 38.6 Å². The molecule has 2 aromatic heterocycles. The Morgan fingerprint density at radius 1 is 0.778 bits per heavy atom. The molecule has 0 radical (unpaired) electrons. The Balaban J connectivity index is 1.11. The quantitative estimate of drug-likeness (QED) is 0.112. The van der Waals surface area contributed by atoms with Gasteiger partial charge >= 0.3 is 0 Å². The molecule has 0 spiro atoms. The highest BCUT2D eigenvalue weighted by Gasteiger charge is 2.47. The van der Waals surface area contributed by atoms with Gasteiger partial charge in [0.15, 0.2) is 0 Å². The van der Waals surface area contributed by atoms with E-state index in [1.807, 2.05) is 113 Å². The predicted octanol–water partition coefficient (Wildman–Crippen LogP) is 9.15. The van der Waals surface area contributed by atoms with Crippen molar-refractivity contribution in [3.8, 4) is 22.8 Å². The molecule has 3 amide bonds. The summed E-state index contributed by atoms with van der Waals surface area (Å²) in [7, 11) is 0. The first-order chi connectivity index (χ1) is 26.2. The van der Waals surface area contributed by atoms with Crippen molar-refractivity contribution in [3.63, 3.8) is 0 Å². The minimum atomic E-state index is -0.913. The fourth-order valence-corrected chi connectivity index (χ4v) is 7.57. The van der Waals surface area contributed by atoms with E-state index in [1.54, 1.807) is 11.0 Å². The SMILES string of the molecule is CCC(C)C(C(=O)NNC(=O)c1cc2cc(Oc3cccc(C)c3)ccc2[nH]1)N1C(=O)c2ccccc2C1c1c(-c2ccc(C)cc2)[nH]c2ccccc12. The van der Waals surface area contributed by atoms with E-state index in [2.05, 4.69) is 51.2 Å². The largest absolute Gasteiger partial charge is 0.457 e. The molecule has 3 heterocycles. The van der Waals surface area contributed by atoms with E-state index >= 15 is 0 Å². The fraction of sp³-hybridized carbons (Fsp3) is 0.178. The molecule has 9 nitrogen and oxygen atoms in total. The third kappa shape index (κ3) is 6.27. The first-order valence-electron chi connectivity index (χ1n) is 18.3. The van der Waals surface area contributed by atoms with E-state index in [-0.39, 0.29) is 17.5 Å². The molecular weight excluding hydrogens is 675 g/mol. The molecule has 9 heteroatoms. The summed E-state index contributed by atoms with van der Waals surface area (Å²) in [4.78, 5) is 50.9. The number of ether oxygens (including phenoxy) is 1. The lowest BCUT2D eigenvalue weighted by atomic mass is 9.90. The molecule has 0 saturated carbocycles. The molecule has 0 bridgehead atoms. The topological polar surface area (TPSA) is 119 Å². The summed E-state index contributed by atoms with van der Waals surface area (Å²) < 4.78 is 6.05. The summed E-state index contributed by atoms with van der Waals surface area (Å²) >= 11 is 0. The highest BCUT2D eigenvalue weighted by atomic mass is 16.5. The van der Waals surface area contributed by atoms with Crippen molar-refractivity contribution in [2.75, 3.05) is 0 Å². The predicted molar refractivity (Wildman–Crippen MR) is 211 cm³/mol. The second-order valence-electron chi connectivity index (χ2n) is 14.2. The van der Waals surface area contributed by atoms with Crippen molar-refractivity contribution in [2.45, 2.75) is 46.2 Å². The number of aromatic amines is 2. The van der Waals surface area contributed by atoms with Crippen molar-refractivity contribution in [3.05, 3.63) is 155 Å². The molecule has 1 aliphatic rings. The second kappa shape index (κ2) is 14.1. The smallest absolute Gasteiger partial charge is 0.286 e. The van der Waals surface area contributed by atoms with Gasteiger partial charge in [0.2, 0.25) is 0 Å². The van der Waals surface area contributed by atoms with Crippen molar-refractivity contribution in [2.24, 2.45) is 5.92 Å². The van der Waals surface area contributed by atoms with Gasteiger partial charge in [-0.2, -0.15) is 0 Å². The number of aromatic nitrogens is 2. The summed E-state index contributed by atoms with van der Waals surface area (Å²) in [5.74, 6) is -0.132. The molecule has 0 saturated heterocycles. The molecule has 3 unspecified atom stereocenters. The Morgan fingerprint density at radius 2 is 1.54 bits per heavy atom. The van der Waals surface area contributed by atoms with Gasteiger partial charge in [-0.1, -0.05) is 98.6 Å². The number of H-pyrrole nitrogens is 2. The van der Waals surface area contributed by atoms with Crippen LogP contribution in [0.1, 0.15) is 69.4 Å². The van der Waals surface area contributed by atoms with E-state index < -0.39 is 23.9 Å². The molecule has 0 aliphatic carbocycles. The van der Waals surface area contributed by atoms with Gasteiger partial charge in [-0.15, -0.1) is 0 Å². The van der Waals surface area contributed by atoms with Gasteiger partial charge < -0.3 is 19.6 Å². The van der Waals surface area contributed by atoms with Gasteiger partial charge in [0.25, 0.3) is 17.7 Å². The van der Waals surface area contributed by atoms with Crippen LogP contribution in [0.25, 0.3) is 33.1 Å². The number of fused-ring (bicyclic) bond motifs is 3. The summed E-state index contributed by atoms with van der Waals surface area (Å²) in [5.41, 5.74) is 13.6. The average molecular weight is 716 g/mol. The molecule has 4 N–H and O–H groups in total. The minimum Gasteiger partial charge on any atom is -0.457 e. The summed E-state index contributed by atoms with van der Waals surface area (Å²) in [6.45, 7) is 8.01. The molecule has 54 heavy (non-hydrogen) atoms. The van der Waals surface area contributed by atoms with Crippen molar-refractivity contribution >= 4 is 39.5 Å². The molecule has 0 fully saturated rings. The number of hydrogen-bond acceptors (Lipinski definition) is 4. The van der Waals surface area contributed by atoms with Crippen LogP contribution in [0.3, 0.4) is 0 Å². The van der Waals surface area contributed by atoms with E-state index in [4.69, 9.17) is 4.74 Å². The zero-order valence-electron chi connectivity index (χ0n) is 30.6. The number of carbonyl (C=O) groups is 3. The zero-order chi connectivity index (χ0) is 37.5. The molecule has 8 rings (SSSR count). The normalized spacial score (nSPS) is 14.9. The van der Waals surface area contributed by atoms with Gasteiger partial charge in [-0.05, 0) is 85.0 Å². The van der Waals surface area contributed by atoms with Gasteiger partial charge in [0.05, 0.1) is 11.7 Å². The number of hydrogen-bond donors (Lipinski definition) is 4. The van der Waals surface area contributed by atoms with Crippen LogP contribution in [0, 0.1) is 19.8 Å². The summed E-state index contributed by atoms with van der Waals surface area (Å²) in [5, 5.41) is 1.75. The van der Waals surface area contributed by atoms with Gasteiger partial charge in [-0.3, -0.25) is 25.2 Å². The van der Waals surface area contributed by atoms with Crippen LogP contribution in [0.2, 0.25) is 0 Å².